The highest BCUT2D eigenvalue weighted by atomic mass is 16.3. The van der Waals surface area contributed by atoms with Gasteiger partial charge in [-0.2, -0.15) is 0 Å². The van der Waals surface area contributed by atoms with E-state index in [1.54, 1.807) is 0 Å². The van der Waals surface area contributed by atoms with Gasteiger partial charge >= 0.3 is 0 Å². The zero-order valence-corrected chi connectivity index (χ0v) is 12.2. The van der Waals surface area contributed by atoms with Crippen LogP contribution in [0.2, 0.25) is 0 Å². The number of carbonyl (C=O) groups is 1. The van der Waals surface area contributed by atoms with E-state index in [1.807, 2.05) is 0 Å². The van der Waals surface area contributed by atoms with Crippen molar-refractivity contribution in [2.75, 3.05) is 31.1 Å². The Hall–Kier alpha value is -1.59. The molecule has 1 fully saturated rings. The number of rotatable bonds is 5. The SMILES string of the molecule is O=C(NCCCN1CCc2ccccc21)C1CC(O)CN1. The van der Waals surface area contributed by atoms with Crippen molar-refractivity contribution >= 4 is 11.6 Å². The molecular formula is C16H23N3O2. The largest absolute Gasteiger partial charge is 0.392 e. The van der Waals surface area contributed by atoms with Gasteiger partial charge in [-0.25, -0.2) is 0 Å². The minimum absolute atomic E-state index is 0.00775. The number of anilines is 1. The lowest BCUT2D eigenvalue weighted by molar-refractivity contribution is -0.122. The summed E-state index contributed by atoms with van der Waals surface area (Å²) < 4.78 is 0. The molecule has 2 aliphatic heterocycles. The molecule has 1 saturated heterocycles. The first-order chi connectivity index (χ1) is 10.2. The zero-order chi connectivity index (χ0) is 14.7. The predicted molar refractivity (Wildman–Crippen MR) is 82.4 cm³/mol. The number of nitrogens with one attached hydrogen (secondary N) is 2. The summed E-state index contributed by atoms with van der Waals surface area (Å²) in [6.45, 7) is 3.25. The summed E-state index contributed by atoms with van der Waals surface area (Å²) in [5.41, 5.74) is 2.76. The number of nitrogens with zero attached hydrogens (tertiary/aromatic N) is 1. The highest BCUT2D eigenvalue weighted by Crippen LogP contribution is 2.27. The lowest BCUT2D eigenvalue weighted by atomic mass is 10.2. The van der Waals surface area contributed by atoms with Crippen LogP contribution in [0.3, 0.4) is 0 Å². The van der Waals surface area contributed by atoms with Crippen molar-refractivity contribution < 1.29 is 9.90 Å². The number of amides is 1. The lowest BCUT2D eigenvalue weighted by Gasteiger charge is -2.19. The van der Waals surface area contributed by atoms with Gasteiger partial charge in [0.25, 0.3) is 0 Å². The number of β-amino-alcohol motifs (C(OH)–C–C–N with tert-alkyl or cyclic N) is 1. The molecule has 3 N–H and O–H groups in total. The van der Waals surface area contributed by atoms with Crippen molar-refractivity contribution in [2.45, 2.75) is 31.4 Å². The van der Waals surface area contributed by atoms with Crippen LogP contribution in [0.15, 0.2) is 24.3 Å². The molecule has 0 saturated carbocycles. The highest BCUT2D eigenvalue weighted by Gasteiger charge is 2.27. The zero-order valence-electron chi connectivity index (χ0n) is 12.2. The van der Waals surface area contributed by atoms with Gasteiger partial charge in [0.2, 0.25) is 5.91 Å². The summed E-state index contributed by atoms with van der Waals surface area (Å²) >= 11 is 0. The standard InChI is InChI=1S/C16H23N3O2/c20-13-10-14(18-11-13)16(21)17-7-3-8-19-9-6-12-4-1-2-5-15(12)19/h1-2,4-5,13-14,18,20H,3,6-11H2,(H,17,21). The first-order valence-corrected chi connectivity index (χ1v) is 7.76. The van der Waals surface area contributed by atoms with Gasteiger partial charge in [0.15, 0.2) is 0 Å². The third-order valence-corrected chi connectivity index (χ3v) is 4.31. The first-order valence-electron chi connectivity index (χ1n) is 7.76. The molecule has 1 aromatic carbocycles. The fourth-order valence-corrected chi connectivity index (χ4v) is 3.16. The fraction of sp³-hybridized carbons (Fsp3) is 0.562. The number of benzene rings is 1. The molecule has 114 valence electrons. The maximum absolute atomic E-state index is 11.9. The van der Waals surface area contributed by atoms with Gasteiger partial charge in [-0.3, -0.25) is 4.79 Å². The number of hydrogen-bond donors (Lipinski definition) is 3. The fourth-order valence-electron chi connectivity index (χ4n) is 3.16. The van der Waals surface area contributed by atoms with Gasteiger partial charge in [0, 0.05) is 31.9 Å². The third kappa shape index (κ3) is 3.36. The van der Waals surface area contributed by atoms with Crippen molar-refractivity contribution in [3.63, 3.8) is 0 Å². The van der Waals surface area contributed by atoms with E-state index >= 15 is 0 Å². The molecular weight excluding hydrogens is 266 g/mol. The van der Waals surface area contributed by atoms with E-state index < -0.39 is 0 Å². The molecule has 1 amide bonds. The van der Waals surface area contributed by atoms with Gasteiger partial charge < -0.3 is 20.6 Å². The maximum atomic E-state index is 11.9. The number of aliphatic hydroxyl groups is 1. The van der Waals surface area contributed by atoms with Gasteiger partial charge in [-0.05, 0) is 30.9 Å². The Kier molecular flexibility index (Phi) is 4.41. The second-order valence-corrected chi connectivity index (χ2v) is 5.86. The summed E-state index contributed by atoms with van der Waals surface area (Å²) in [4.78, 5) is 14.3. The molecule has 21 heavy (non-hydrogen) atoms. The Morgan fingerprint density at radius 1 is 1.43 bits per heavy atom. The van der Waals surface area contributed by atoms with E-state index in [9.17, 15) is 9.90 Å². The average molecular weight is 289 g/mol. The van der Waals surface area contributed by atoms with E-state index in [-0.39, 0.29) is 18.1 Å². The van der Waals surface area contributed by atoms with Crippen LogP contribution in [0.4, 0.5) is 5.69 Å². The van der Waals surface area contributed by atoms with Crippen molar-refractivity contribution in [1.82, 2.24) is 10.6 Å². The van der Waals surface area contributed by atoms with Crippen LogP contribution in [-0.2, 0) is 11.2 Å². The van der Waals surface area contributed by atoms with Crippen LogP contribution in [0, 0.1) is 0 Å². The molecule has 5 heteroatoms. The second kappa shape index (κ2) is 6.45. The smallest absolute Gasteiger partial charge is 0.237 e. The number of para-hydroxylation sites is 1. The normalized spacial score (nSPS) is 24.1. The predicted octanol–water partition coefficient (Wildman–Crippen LogP) is 0.278. The molecule has 2 heterocycles. The monoisotopic (exact) mass is 289 g/mol. The van der Waals surface area contributed by atoms with E-state index in [2.05, 4.69) is 39.8 Å². The van der Waals surface area contributed by atoms with Crippen molar-refractivity contribution in [2.24, 2.45) is 0 Å². The van der Waals surface area contributed by atoms with E-state index in [0.717, 1.165) is 25.9 Å². The van der Waals surface area contributed by atoms with Crippen molar-refractivity contribution in [3.8, 4) is 0 Å². The first kappa shape index (κ1) is 14.4. The molecule has 0 spiro atoms. The minimum atomic E-state index is -0.387. The van der Waals surface area contributed by atoms with Crippen LogP contribution in [0.1, 0.15) is 18.4 Å². The van der Waals surface area contributed by atoms with Gasteiger partial charge in [-0.1, -0.05) is 18.2 Å². The van der Waals surface area contributed by atoms with Crippen LogP contribution in [0.5, 0.6) is 0 Å². The number of fused-ring (bicyclic) bond motifs is 1. The summed E-state index contributed by atoms with van der Waals surface area (Å²) in [5.74, 6) is 0.00775. The number of hydrogen-bond acceptors (Lipinski definition) is 4. The quantitative estimate of drug-likeness (QED) is 0.681. The topological polar surface area (TPSA) is 64.6 Å². The third-order valence-electron chi connectivity index (χ3n) is 4.31. The molecule has 2 atom stereocenters. The number of carbonyl (C=O) groups excluding carboxylic acids is 1. The van der Waals surface area contributed by atoms with Crippen LogP contribution >= 0.6 is 0 Å². The molecule has 1 aromatic rings. The Morgan fingerprint density at radius 2 is 2.29 bits per heavy atom. The van der Waals surface area contributed by atoms with Crippen LogP contribution in [0.25, 0.3) is 0 Å². The second-order valence-electron chi connectivity index (χ2n) is 5.86. The molecule has 2 aliphatic rings. The Balaban J connectivity index is 1.38. The van der Waals surface area contributed by atoms with E-state index in [4.69, 9.17) is 0 Å². The highest BCUT2D eigenvalue weighted by molar-refractivity contribution is 5.82. The maximum Gasteiger partial charge on any atom is 0.237 e. The summed E-state index contributed by atoms with van der Waals surface area (Å²) in [6.07, 6.45) is 2.19. The van der Waals surface area contributed by atoms with Crippen molar-refractivity contribution in [3.05, 3.63) is 29.8 Å². The Bertz CT molecular complexity index is 506. The lowest BCUT2D eigenvalue weighted by Crippen LogP contribution is -2.41. The average Bonchev–Trinajstić information content (AvgIpc) is 3.10. The molecule has 0 aliphatic carbocycles. The van der Waals surface area contributed by atoms with Gasteiger partial charge in [-0.15, -0.1) is 0 Å². The van der Waals surface area contributed by atoms with Crippen LogP contribution < -0.4 is 15.5 Å². The van der Waals surface area contributed by atoms with Gasteiger partial charge in [0.05, 0.1) is 12.1 Å². The molecule has 5 nitrogen and oxygen atoms in total. The molecule has 0 bridgehead atoms. The molecule has 0 aromatic heterocycles. The minimum Gasteiger partial charge on any atom is -0.392 e. The molecule has 3 rings (SSSR count). The summed E-state index contributed by atoms with van der Waals surface area (Å²) in [5, 5.41) is 15.4. The summed E-state index contributed by atoms with van der Waals surface area (Å²) in [6, 6.07) is 8.30. The molecule has 2 unspecified atom stereocenters. The Labute approximate surface area is 125 Å². The number of aliphatic hydroxyl groups excluding tert-OH is 1. The van der Waals surface area contributed by atoms with Crippen LogP contribution in [-0.4, -0.2) is 49.3 Å². The summed E-state index contributed by atoms with van der Waals surface area (Å²) in [7, 11) is 0. The van der Waals surface area contributed by atoms with Crippen molar-refractivity contribution in [1.29, 1.82) is 0 Å². The Morgan fingerprint density at radius 3 is 3.10 bits per heavy atom. The van der Waals surface area contributed by atoms with Gasteiger partial charge in [0.1, 0.15) is 0 Å². The van der Waals surface area contributed by atoms with E-state index in [1.165, 1.54) is 11.3 Å². The van der Waals surface area contributed by atoms with E-state index in [0.29, 0.717) is 19.5 Å². The molecule has 0 radical (unpaired) electrons.